The van der Waals surface area contributed by atoms with Crippen LogP contribution < -0.4 is 11.1 Å². The van der Waals surface area contributed by atoms with Crippen molar-refractivity contribution in [2.45, 2.75) is 12.2 Å². The number of nitrogens with zero attached hydrogens (tertiary/aromatic N) is 1. The van der Waals surface area contributed by atoms with Crippen LogP contribution in [0.3, 0.4) is 0 Å². The Balaban J connectivity index is 2.76. The molecule has 11 heavy (non-hydrogen) atoms. The van der Waals surface area contributed by atoms with Crippen molar-refractivity contribution in [3.63, 3.8) is 0 Å². The first-order valence-corrected chi connectivity index (χ1v) is 3.06. The van der Waals surface area contributed by atoms with Crippen LogP contribution in [0.25, 0.3) is 0 Å². The average Bonchev–Trinajstić information content (AvgIpc) is 1.85. The second kappa shape index (κ2) is 2.67. The molecule has 0 saturated carbocycles. The fourth-order valence-corrected chi connectivity index (χ4v) is 0.854. The Morgan fingerprint density at radius 1 is 1.73 bits per heavy atom. The monoisotopic (exact) mass is 158 g/mol. The molecular weight excluding hydrogens is 150 g/mol. The Hall–Kier alpha value is -1.43. The van der Waals surface area contributed by atoms with Crippen LogP contribution >= 0.6 is 0 Å². The van der Waals surface area contributed by atoms with Crippen LogP contribution in [-0.2, 0) is 4.79 Å². The van der Waals surface area contributed by atoms with Crippen molar-refractivity contribution in [3.8, 4) is 0 Å². The first kappa shape index (κ1) is 7.67. The van der Waals surface area contributed by atoms with Gasteiger partial charge in [0.1, 0.15) is 0 Å². The first-order valence-electron chi connectivity index (χ1n) is 3.06. The highest BCUT2D eigenvalue weighted by Gasteiger charge is 2.33. The van der Waals surface area contributed by atoms with Gasteiger partial charge in [-0.05, 0) is 0 Å². The first-order chi connectivity index (χ1) is 5.11. The van der Waals surface area contributed by atoms with Gasteiger partial charge in [0, 0.05) is 17.1 Å². The topological polar surface area (TPSA) is 99.9 Å². The third-order valence-electron chi connectivity index (χ3n) is 1.43. The standard InChI is InChI=1S/C5H7N3O3/c6-5-3(8(10)11)1-2-4(9)7-5/h1-3,5H,6H2,(H,7,9)/p+1/t3-,5-/m0/s1. The summed E-state index contributed by atoms with van der Waals surface area (Å²) in [6.07, 6.45) is 1.73. The van der Waals surface area contributed by atoms with Crippen LogP contribution in [0.2, 0.25) is 0 Å². The molecule has 0 bridgehead atoms. The van der Waals surface area contributed by atoms with Crippen molar-refractivity contribution < 1.29 is 15.5 Å². The van der Waals surface area contributed by atoms with E-state index < -0.39 is 17.1 Å². The molecule has 1 aliphatic heterocycles. The van der Waals surface area contributed by atoms with Gasteiger partial charge in [-0.2, -0.15) is 0 Å². The highest BCUT2D eigenvalue weighted by Crippen LogP contribution is 1.99. The summed E-state index contributed by atoms with van der Waals surface area (Å²) in [5, 5.41) is 12.6. The van der Waals surface area contributed by atoms with Crippen LogP contribution in [0.4, 0.5) is 0 Å². The summed E-state index contributed by atoms with van der Waals surface area (Å²) in [6.45, 7) is 0. The molecule has 4 N–H and O–H groups in total. The Bertz CT molecular complexity index is 225. The molecule has 0 fully saturated rings. The molecule has 0 aromatic carbocycles. The van der Waals surface area contributed by atoms with E-state index in [1.54, 1.807) is 0 Å². The van der Waals surface area contributed by atoms with Gasteiger partial charge < -0.3 is 5.73 Å². The van der Waals surface area contributed by atoms with E-state index in [0.29, 0.717) is 0 Å². The smallest absolute Gasteiger partial charge is 0.301 e. The number of hydrogen-bond donors (Lipinski definition) is 2. The van der Waals surface area contributed by atoms with Gasteiger partial charge in [0.05, 0.1) is 0 Å². The molecule has 0 spiro atoms. The largest absolute Gasteiger partial charge is 0.332 e. The minimum atomic E-state index is -0.896. The van der Waals surface area contributed by atoms with Crippen molar-refractivity contribution >= 4 is 5.91 Å². The van der Waals surface area contributed by atoms with Crippen molar-refractivity contribution in [3.05, 3.63) is 22.3 Å². The van der Waals surface area contributed by atoms with Crippen molar-refractivity contribution in [1.82, 2.24) is 5.32 Å². The number of carbonyl (C=O) groups is 1. The molecule has 1 heterocycles. The lowest BCUT2D eigenvalue weighted by Crippen LogP contribution is -2.75. The molecule has 0 saturated heterocycles. The van der Waals surface area contributed by atoms with Gasteiger partial charge >= 0.3 is 6.04 Å². The number of carbonyl (C=O) groups excluding carboxylic acids is 1. The summed E-state index contributed by atoms with van der Waals surface area (Å²) in [4.78, 5) is 20.3. The Kier molecular flexibility index (Phi) is 1.86. The van der Waals surface area contributed by atoms with E-state index in [0.717, 1.165) is 6.08 Å². The molecule has 0 unspecified atom stereocenters. The van der Waals surface area contributed by atoms with E-state index in [2.05, 4.69) is 11.1 Å². The number of hydrogen-bond acceptors (Lipinski definition) is 3. The van der Waals surface area contributed by atoms with E-state index in [-0.39, 0.29) is 5.91 Å². The predicted octanol–water partition coefficient (Wildman–Crippen LogP) is -2.11. The number of rotatable bonds is 1. The molecule has 1 amide bonds. The van der Waals surface area contributed by atoms with Gasteiger partial charge in [-0.15, -0.1) is 0 Å². The van der Waals surface area contributed by atoms with Crippen molar-refractivity contribution in [2.24, 2.45) is 0 Å². The molecular formula is C5H8N3O3+. The third kappa shape index (κ3) is 1.53. The molecule has 6 nitrogen and oxygen atoms in total. The molecule has 0 aromatic rings. The van der Waals surface area contributed by atoms with Crippen molar-refractivity contribution in [2.75, 3.05) is 0 Å². The van der Waals surface area contributed by atoms with Crippen LogP contribution in [0.15, 0.2) is 12.2 Å². The highest BCUT2D eigenvalue weighted by molar-refractivity contribution is 5.88. The SMILES string of the molecule is [NH3+][C@H]1NC(=O)C=C[C@@H]1[N+](=O)[O-]. The maximum Gasteiger partial charge on any atom is 0.301 e. The summed E-state index contributed by atoms with van der Waals surface area (Å²) in [5.41, 5.74) is 3.43. The molecule has 1 aliphatic rings. The fraction of sp³-hybridized carbons (Fsp3) is 0.400. The molecule has 0 aromatic heterocycles. The zero-order chi connectivity index (χ0) is 8.43. The van der Waals surface area contributed by atoms with Gasteiger partial charge in [0.15, 0.2) is 0 Å². The van der Waals surface area contributed by atoms with E-state index >= 15 is 0 Å². The normalized spacial score (nSPS) is 29.7. The summed E-state index contributed by atoms with van der Waals surface area (Å²) in [7, 11) is 0. The van der Waals surface area contributed by atoms with Gasteiger partial charge in [-0.25, -0.2) is 0 Å². The maximum atomic E-state index is 10.6. The van der Waals surface area contributed by atoms with Gasteiger partial charge in [-0.3, -0.25) is 20.2 Å². The van der Waals surface area contributed by atoms with Crippen LogP contribution in [0.5, 0.6) is 0 Å². The number of nitro groups is 1. The molecule has 0 radical (unpaired) electrons. The van der Waals surface area contributed by atoms with E-state index in [1.165, 1.54) is 6.08 Å². The molecule has 1 rings (SSSR count). The Morgan fingerprint density at radius 3 is 2.82 bits per heavy atom. The zero-order valence-corrected chi connectivity index (χ0v) is 5.69. The van der Waals surface area contributed by atoms with Crippen LogP contribution in [0, 0.1) is 10.1 Å². The number of amides is 1. The van der Waals surface area contributed by atoms with E-state index in [9.17, 15) is 14.9 Å². The zero-order valence-electron chi connectivity index (χ0n) is 5.69. The van der Waals surface area contributed by atoms with Gasteiger partial charge in [0.2, 0.25) is 12.1 Å². The number of nitrogens with one attached hydrogen (secondary N) is 1. The lowest BCUT2D eigenvalue weighted by atomic mass is 10.1. The fourth-order valence-electron chi connectivity index (χ4n) is 0.854. The minimum Gasteiger partial charge on any atom is -0.332 e. The summed E-state index contributed by atoms with van der Waals surface area (Å²) >= 11 is 0. The molecule has 0 aliphatic carbocycles. The predicted molar refractivity (Wildman–Crippen MR) is 34.7 cm³/mol. The Labute approximate surface area is 62.2 Å². The minimum absolute atomic E-state index is 0.330. The maximum absolute atomic E-state index is 10.6. The second-order valence-corrected chi connectivity index (χ2v) is 2.25. The summed E-state index contributed by atoms with van der Waals surface area (Å²) in [5.74, 6) is -0.330. The van der Waals surface area contributed by atoms with Gasteiger partial charge in [0.25, 0.3) is 0 Å². The van der Waals surface area contributed by atoms with Crippen molar-refractivity contribution in [1.29, 1.82) is 0 Å². The van der Waals surface area contributed by atoms with E-state index in [4.69, 9.17) is 0 Å². The van der Waals surface area contributed by atoms with Crippen LogP contribution in [-0.4, -0.2) is 23.0 Å². The van der Waals surface area contributed by atoms with E-state index in [1.807, 2.05) is 0 Å². The van der Waals surface area contributed by atoms with Gasteiger partial charge in [-0.1, -0.05) is 0 Å². The quantitative estimate of drug-likeness (QED) is 0.337. The lowest BCUT2D eigenvalue weighted by molar-refractivity contribution is -0.575. The van der Waals surface area contributed by atoms with Crippen LogP contribution in [0.1, 0.15) is 0 Å². The second-order valence-electron chi connectivity index (χ2n) is 2.25. The highest BCUT2D eigenvalue weighted by atomic mass is 16.6. The average molecular weight is 158 g/mol. The number of quaternary nitrogens is 1. The molecule has 60 valence electrons. The Morgan fingerprint density at radius 2 is 2.36 bits per heavy atom. The third-order valence-corrected chi connectivity index (χ3v) is 1.43. The molecule has 6 heteroatoms. The summed E-state index contributed by atoms with van der Waals surface area (Å²) in [6, 6.07) is -0.896. The molecule has 2 atom stereocenters. The summed E-state index contributed by atoms with van der Waals surface area (Å²) < 4.78 is 0. The lowest BCUT2D eigenvalue weighted by Gasteiger charge is -2.14.